The summed E-state index contributed by atoms with van der Waals surface area (Å²) in [5.74, 6) is 1.24. The molecule has 1 aromatic heterocycles. The van der Waals surface area contributed by atoms with Crippen molar-refractivity contribution in [1.82, 2.24) is 19.6 Å². The number of amides is 1. The normalized spacial score (nSPS) is 25.4. The van der Waals surface area contributed by atoms with Gasteiger partial charge in [0.05, 0.1) is 35.3 Å². The molecule has 4 saturated heterocycles. The molecule has 1 saturated carbocycles. The fourth-order valence-corrected chi connectivity index (χ4v) is 14.5. The van der Waals surface area contributed by atoms with Gasteiger partial charge >= 0.3 is 0 Å². The number of hydrogen-bond donors (Lipinski definition) is 0. The zero-order chi connectivity index (χ0) is 50.2. The van der Waals surface area contributed by atoms with E-state index >= 15 is 0 Å². The van der Waals surface area contributed by atoms with E-state index in [1.165, 1.54) is 69.4 Å². The van der Waals surface area contributed by atoms with Crippen LogP contribution < -0.4 is 19.6 Å². The fourth-order valence-electron chi connectivity index (χ4n) is 14.3. The molecule has 4 aromatic rings. The third-order valence-electron chi connectivity index (χ3n) is 18.5. The molecule has 382 valence electrons. The predicted octanol–water partition coefficient (Wildman–Crippen LogP) is 10.3. The SMILES string of the molecule is CC(=O)N1CCC2=C(C1)C(N1CCCc3cc(-c4cnn(C)c4)c(C(F)F)cc31)=N/[N+]2=C/C1CCC(N2CCC3(CC2)CN(c2ccc(N4CCC5(CC4)C[C@H](C)N(c4ccc(C#N)c(Cl)c4)C5)cc2)C3)CC1. The first-order chi connectivity index (χ1) is 35.3. The van der Waals surface area contributed by atoms with Crippen molar-refractivity contribution >= 4 is 52.3 Å². The van der Waals surface area contributed by atoms with Crippen molar-refractivity contribution in [2.75, 3.05) is 85.0 Å². The van der Waals surface area contributed by atoms with Gasteiger partial charge in [-0.3, -0.25) is 9.48 Å². The van der Waals surface area contributed by atoms with E-state index in [0.29, 0.717) is 76.6 Å². The molecule has 3 aromatic carbocycles. The standard InChI is InChI=1S/C58H69ClF2N11O/c1-39-30-57(38-71(39)48-11-8-43(31-62)52(59)28-48)17-23-66(24-18-57)46-12-14-47(15-13-46)69-36-58(37-69)19-25-67(26-20-58)45-9-6-41(7-10-45)33-72-53-16-22-68(40(2)73)35-51(53)56(64-72)70-21-4-5-42-27-49(44-32-63-65(3)34-44)50(55(60)61)29-54(42)70/h8,11-15,27-29,32-34,39,41,45,55H,4-7,9-10,16-26,30,35-38H2,1-3H3/q+1/b72-33+/t39-,41?,45?/m0/s1. The van der Waals surface area contributed by atoms with Gasteiger partial charge in [0.25, 0.3) is 6.43 Å². The number of halogens is 3. The third-order valence-corrected chi connectivity index (χ3v) is 18.8. The van der Waals surface area contributed by atoms with E-state index in [4.69, 9.17) is 16.7 Å². The van der Waals surface area contributed by atoms with Gasteiger partial charge in [-0.25, -0.2) is 8.78 Å². The van der Waals surface area contributed by atoms with Crippen LogP contribution in [0.5, 0.6) is 0 Å². The number of anilines is 4. The number of rotatable bonds is 7. The van der Waals surface area contributed by atoms with Crippen LogP contribution in [0.25, 0.3) is 11.1 Å². The minimum atomic E-state index is -2.64. The quantitative estimate of drug-likeness (QED) is 0.169. The van der Waals surface area contributed by atoms with Gasteiger partial charge in [0.15, 0.2) is 6.21 Å². The summed E-state index contributed by atoms with van der Waals surface area (Å²) in [4.78, 5) is 27.2. The van der Waals surface area contributed by atoms with Gasteiger partial charge in [0, 0.05) is 128 Å². The molecule has 1 aliphatic carbocycles. The molecule has 2 spiro atoms. The van der Waals surface area contributed by atoms with Crippen molar-refractivity contribution in [2.45, 2.75) is 109 Å². The number of fused-ring (bicyclic) bond motifs is 1. The molecular formula is C58H69ClF2N11O+. The Bertz CT molecular complexity index is 2910. The number of aryl methyl sites for hydroxylation is 2. The summed E-state index contributed by atoms with van der Waals surface area (Å²) >= 11 is 6.43. The Hall–Kier alpha value is -5.78. The van der Waals surface area contributed by atoms with Gasteiger partial charge in [-0.2, -0.15) is 10.4 Å². The maximum absolute atomic E-state index is 14.8. The van der Waals surface area contributed by atoms with E-state index in [9.17, 15) is 18.8 Å². The number of carbonyl (C=O) groups excluding carboxylic acids is 1. The fraction of sp³-hybridized carbons (Fsp3) is 0.534. The summed E-state index contributed by atoms with van der Waals surface area (Å²) < 4.78 is 33.3. The van der Waals surface area contributed by atoms with E-state index in [1.54, 1.807) is 37.1 Å². The van der Waals surface area contributed by atoms with Crippen molar-refractivity contribution in [3.05, 3.63) is 100.0 Å². The first-order valence-corrected chi connectivity index (χ1v) is 27.4. The van der Waals surface area contributed by atoms with Crippen molar-refractivity contribution in [2.24, 2.45) is 28.9 Å². The van der Waals surface area contributed by atoms with Crippen molar-refractivity contribution in [3.8, 4) is 17.2 Å². The number of amidine groups is 1. The van der Waals surface area contributed by atoms with Crippen LogP contribution in [-0.4, -0.2) is 120 Å². The molecule has 12 rings (SSSR count). The number of piperidine rings is 2. The Morgan fingerprint density at radius 3 is 2.26 bits per heavy atom. The van der Waals surface area contributed by atoms with Crippen LogP contribution in [0.4, 0.5) is 31.5 Å². The molecule has 8 aliphatic rings. The van der Waals surface area contributed by atoms with Crippen LogP contribution in [0.3, 0.4) is 0 Å². The molecule has 1 amide bonds. The minimum absolute atomic E-state index is 0.00437. The summed E-state index contributed by atoms with van der Waals surface area (Å²) in [7, 11) is 1.80. The number of likely N-dealkylation sites (tertiary alicyclic amines) is 1. The summed E-state index contributed by atoms with van der Waals surface area (Å²) in [6.07, 6.45) is 16.2. The molecule has 1 atom stereocenters. The van der Waals surface area contributed by atoms with Gasteiger partial charge in [-0.05, 0) is 162 Å². The molecule has 73 heavy (non-hydrogen) atoms. The summed E-state index contributed by atoms with van der Waals surface area (Å²) in [5.41, 5.74) is 10.3. The topological polar surface area (TPSA) is 93.5 Å². The second kappa shape index (κ2) is 19.2. The highest BCUT2D eigenvalue weighted by atomic mass is 35.5. The summed E-state index contributed by atoms with van der Waals surface area (Å²) in [6, 6.07) is 22.1. The van der Waals surface area contributed by atoms with Gasteiger partial charge in [0.1, 0.15) is 6.07 Å². The molecule has 0 radical (unpaired) electrons. The number of hydrogen-bond acceptors (Lipinski definition) is 9. The minimum Gasteiger partial charge on any atom is -0.371 e. The Morgan fingerprint density at radius 1 is 0.877 bits per heavy atom. The first-order valence-electron chi connectivity index (χ1n) is 27.1. The van der Waals surface area contributed by atoms with E-state index in [1.807, 2.05) is 23.1 Å². The van der Waals surface area contributed by atoms with Gasteiger partial charge < -0.3 is 29.4 Å². The highest BCUT2D eigenvalue weighted by Crippen LogP contribution is 2.48. The van der Waals surface area contributed by atoms with E-state index in [2.05, 4.69) is 83.8 Å². The summed E-state index contributed by atoms with van der Waals surface area (Å²) in [6.45, 7) is 13.6. The van der Waals surface area contributed by atoms with Crippen molar-refractivity contribution in [1.29, 1.82) is 5.26 Å². The molecule has 8 heterocycles. The van der Waals surface area contributed by atoms with Crippen molar-refractivity contribution in [3.63, 3.8) is 0 Å². The van der Waals surface area contributed by atoms with Gasteiger partial charge in [-0.15, -0.1) is 0 Å². The van der Waals surface area contributed by atoms with Gasteiger partial charge in [-0.1, -0.05) is 16.3 Å². The highest BCUT2D eigenvalue weighted by Gasteiger charge is 2.48. The lowest BCUT2D eigenvalue weighted by atomic mass is 9.71. The van der Waals surface area contributed by atoms with Gasteiger partial charge in [0.2, 0.25) is 17.4 Å². The third kappa shape index (κ3) is 9.10. The molecular weight excluding hydrogens is 940 g/mol. The number of carbonyl (C=O) groups is 1. The molecule has 5 fully saturated rings. The Labute approximate surface area is 434 Å². The number of nitrogens with zero attached hydrogens (tertiary/aromatic N) is 11. The highest BCUT2D eigenvalue weighted by molar-refractivity contribution is 6.32. The van der Waals surface area contributed by atoms with Crippen molar-refractivity contribution < 1.29 is 18.3 Å². The monoisotopic (exact) mass is 1010 g/mol. The van der Waals surface area contributed by atoms with Crippen LogP contribution >= 0.6 is 11.6 Å². The number of alkyl halides is 2. The predicted molar refractivity (Wildman–Crippen MR) is 286 cm³/mol. The maximum atomic E-state index is 14.8. The lowest BCUT2D eigenvalue weighted by Crippen LogP contribution is -2.61. The van der Waals surface area contributed by atoms with E-state index in [0.717, 1.165) is 92.5 Å². The Balaban J connectivity index is 0.642. The van der Waals surface area contributed by atoms with Crippen LogP contribution in [0.2, 0.25) is 5.02 Å². The molecule has 0 bridgehead atoms. The molecule has 7 aliphatic heterocycles. The summed E-state index contributed by atoms with van der Waals surface area (Å²) in [5, 5.41) is 19.5. The number of benzene rings is 3. The number of aromatic nitrogens is 2. The average molecular weight is 1010 g/mol. The average Bonchev–Trinajstić information content (AvgIpc) is 4.09. The number of nitriles is 1. The maximum Gasteiger partial charge on any atom is 0.264 e. The van der Waals surface area contributed by atoms with Crippen LogP contribution in [-0.2, 0) is 18.3 Å². The van der Waals surface area contributed by atoms with Crippen LogP contribution in [0.15, 0.2) is 83.4 Å². The second-order valence-corrected chi connectivity index (χ2v) is 23.4. The Kier molecular flexibility index (Phi) is 12.7. The zero-order valence-electron chi connectivity index (χ0n) is 42.8. The van der Waals surface area contributed by atoms with E-state index in [-0.39, 0.29) is 11.5 Å². The number of hydrazone groups is 1. The second-order valence-electron chi connectivity index (χ2n) is 23.0. The molecule has 0 N–H and O–H groups in total. The van der Waals surface area contributed by atoms with Crippen LogP contribution in [0.1, 0.15) is 108 Å². The lowest BCUT2D eigenvalue weighted by molar-refractivity contribution is -0.479. The zero-order valence-corrected chi connectivity index (χ0v) is 43.5. The van der Waals surface area contributed by atoms with Crippen LogP contribution in [0, 0.1) is 28.1 Å². The molecule has 12 nitrogen and oxygen atoms in total. The lowest BCUT2D eigenvalue weighted by Gasteiger charge is -2.56. The molecule has 15 heteroatoms. The largest absolute Gasteiger partial charge is 0.371 e. The molecule has 0 unspecified atom stereocenters. The first kappa shape index (κ1) is 48.2. The Morgan fingerprint density at radius 2 is 1.59 bits per heavy atom. The van der Waals surface area contributed by atoms with E-state index < -0.39 is 6.43 Å². The smallest absolute Gasteiger partial charge is 0.264 e.